The molecule has 0 bridgehead atoms. The van der Waals surface area contributed by atoms with Gasteiger partial charge in [0.15, 0.2) is 9.61 Å². The summed E-state index contributed by atoms with van der Waals surface area (Å²) in [6.45, 7) is 0. The maximum absolute atomic E-state index is 11.2. The number of carboxylic acids is 1. The first-order valence-electron chi connectivity index (χ1n) is 4.76. The number of hydrogen-bond acceptors (Lipinski definition) is 4. The largest absolute Gasteiger partial charge is 0.496 e. The van der Waals surface area contributed by atoms with Crippen molar-refractivity contribution in [2.45, 2.75) is 0 Å². The number of aromatic nitrogens is 1. The highest BCUT2D eigenvalue weighted by atomic mass is 79.9. The molecule has 94 valence electrons. The van der Waals surface area contributed by atoms with Crippen LogP contribution in [0.3, 0.4) is 0 Å². The number of rotatable bonds is 3. The van der Waals surface area contributed by atoms with Gasteiger partial charge < -0.3 is 9.84 Å². The first-order chi connectivity index (χ1) is 8.52. The molecule has 0 saturated carbocycles. The van der Waals surface area contributed by atoms with Crippen molar-refractivity contribution in [2.75, 3.05) is 7.11 Å². The summed E-state index contributed by atoms with van der Waals surface area (Å²) >= 11 is 7.82. The zero-order valence-electron chi connectivity index (χ0n) is 9.11. The van der Waals surface area contributed by atoms with Gasteiger partial charge >= 0.3 is 5.97 Å². The minimum absolute atomic E-state index is 0.0169. The maximum atomic E-state index is 11.2. The third kappa shape index (κ3) is 2.57. The van der Waals surface area contributed by atoms with Crippen LogP contribution in [0, 0.1) is 0 Å². The summed E-state index contributed by atoms with van der Waals surface area (Å²) in [4.78, 5) is 15.7. The molecule has 0 amide bonds. The Kier molecular flexibility index (Phi) is 4.04. The van der Waals surface area contributed by atoms with E-state index in [1.807, 2.05) is 12.1 Å². The summed E-state index contributed by atoms with van der Waals surface area (Å²) in [5, 5.41) is 9.14. The number of thiazole rings is 1. The molecule has 0 radical (unpaired) electrons. The Hall–Kier alpha value is -0.920. The van der Waals surface area contributed by atoms with E-state index in [1.165, 1.54) is 11.3 Å². The Balaban J connectivity index is 2.68. The molecule has 1 heterocycles. The molecule has 0 atom stereocenters. The fourth-order valence-electron chi connectivity index (χ4n) is 1.48. The van der Waals surface area contributed by atoms with Crippen LogP contribution >= 0.6 is 43.2 Å². The molecular formula is C11H7Br2NO3S. The molecule has 4 nitrogen and oxygen atoms in total. The Morgan fingerprint density at radius 1 is 1.44 bits per heavy atom. The summed E-state index contributed by atoms with van der Waals surface area (Å²) in [5.74, 6) is -0.453. The first kappa shape index (κ1) is 13.5. The molecule has 0 aliphatic carbocycles. The molecule has 18 heavy (non-hydrogen) atoms. The smallest absolute Gasteiger partial charge is 0.356 e. The minimum atomic E-state index is -1.06. The lowest BCUT2D eigenvalue weighted by Crippen LogP contribution is -1.99. The van der Waals surface area contributed by atoms with Crippen molar-refractivity contribution in [3.63, 3.8) is 0 Å². The van der Waals surface area contributed by atoms with Gasteiger partial charge in [-0.05, 0) is 34.1 Å². The van der Waals surface area contributed by atoms with Crippen LogP contribution in [0.25, 0.3) is 10.4 Å². The van der Waals surface area contributed by atoms with Gasteiger partial charge in [-0.25, -0.2) is 9.78 Å². The van der Waals surface area contributed by atoms with Gasteiger partial charge in [-0.3, -0.25) is 0 Å². The summed E-state index contributed by atoms with van der Waals surface area (Å²) in [6, 6.07) is 5.42. The summed E-state index contributed by atoms with van der Waals surface area (Å²) in [6.07, 6.45) is 0. The number of nitrogens with zero attached hydrogens (tertiary/aromatic N) is 1. The lowest BCUT2D eigenvalue weighted by atomic mass is 10.1. The van der Waals surface area contributed by atoms with Crippen molar-refractivity contribution in [3.05, 3.63) is 32.3 Å². The average molecular weight is 393 g/mol. The van der Waals surface area contributed by atoms with Crippen molar-refractivity contribution in [1.29, 1.82) is 0 Å². The van der Waals surface area contributed by atoms with Crippen LogP contribution < -0.4 is 4.74 Å². The highest BCUT2D eigenvalue weighted by Crippen LogP contribution is 2.39. The third-order valence-corrected chi connectivity index (χ3v) is 4.24. The molecular weight excluding hydrogens is 386 g/mol. The lowest BCUT2D eigenvalue weighted by molar-refractivity contribution is 0.0692. The van der Waals surface area contributed by atoms with Crippen LogP contribution in [0.5, 0.6) is 5.75 Å². The zero-order chi connectivity index (χ0) is 13.3. The Morgan fingerprint density at radius 3 is 2.78 bits per heavy atom. The second-order valence-corrected chi connectivity index (χ2v) is 6.49. The van der Waals surface area contributed by atoms with E-state index in [0.29, 0.717) is 20.1 Å². The molecule has 0 saturated heterocycles. The summed E-state index contributed by atoms with van der Waals surface area (Å²) < 4.78 is 6.62. The molecule has 1 aromatic heterocycles. The van der Waals surface area contributed by atoms with Crippen LogP contribution in [0.1, 0.15) is 10.5 Å². The number of hydrogen-bond donors (Lipinski definition) is 1. The molecule has 1 aromatic carbocycles. The molecule has 0 unspecified atom stereocenters. The van der Waals surface area contributed by atoms with Gasteiger partial charge in [0, 0.05) is 10.0 Å². The van der Waals surface area contributed by atoms with E-state index >= 15 is 0 Å². The van der Waals surface area contributed by atoms with Gasteiger partial charge in [-0.1, -0.05) is 15.9 Å². The Labute approximate surface area is 124 Å². The monoisotopic (exact) mass is 391 g/mol. The van der Waals surface area contributed by atoms with E-state index in [-0.39, 0.29) is 5.69 Å². The fraction of sp³-hybridized carbons (Fsp3) is 0.0909. The molecule has 2 aromatic rings. The average Bonchev–Trinajstić information content (AvgIpc) is 2.71. The second-order valence-electron chi connectivity index (χ2n) is 3.29. The van der Waals surface area contributed by atoms with Gasteiger partial charge in [-0.15, -0.1) is 11.3 Å². The van der Waals surface area contributed by atoms with E-state index in [0.717, 1.165) is 4.47 Å². The van der Waals surface area contributed by atoms with Gasteiger partial charge in [0.25, 0.3) is 0 Å². The van der Waals surface area contributed by atoms with E-state index in [1.54, 1.807) is 13.2 Å². The molecule has 0 spiro atoms. The molecule has 2 rings (SSSR count). The van der Waals surface area contributed by atoms with E-state index in [4.69, 9.17) is 9.84 Å². The molecule has 1 N–H and O–H groups in total. The molecule has 0 fully saturated rings. The minimum Gasteiger partial charge on any atom is -0.496 e. The first-order valence-corrected chi connectivity index (χ1v) is 7.16. The second kappa shape index (κ2) is 5.38. The third-order valence-electron chi connectivity index (χ3n) is 2.21. The Bertz CT molecular complexity index is 612. The number of carboxylic acid groups (broad SMARTS) is 1. The van der Waals surface area contributed by atoms with Gasteiger partial charge in [0.2, 0.25) is 0 Å². The highest BCUT2D eigenvalue weighted by Gasteiger charge is 2.20. The van der Waals surface area contributed by atoms with Crippen LogP contribution in [0.15, 0.2) is 26.6 Å². The van der Waals surface area contributed by atoms with Gasteiger partial charge in [0.1, 0.15) is 5.75 Å². The van der Waals surface area contributed by atoms with Crippen molar-refractivity contribution >= 4 is 49.2 Å². The number of methoxy groups -OCH3 is 1. The summed E-state index contributed by atoms with van der Waals surface area (Å²) in [7, 11) is 1.54. The van der Waals surface area contributed by atoms with Crippen LogP contribution in [-0.2, 0) is 0 Å². The summed E-state index contributed by atoms with van der Waals surface area (Å²) in [5.41, 5.74) is 0.718. The normalized spacial score (nSPS) is 10.4. The number of aromatic carboxylic acids is 1. The molecule has 0 aliphatic rings. The number of carbonyl (C=O) groups is 1. The van der Waals surface area contributed by atoms with Crippen molar-refractivity contribution in [3.8, 4) is 16.2 Å². The van der Waals surface area contributed by atoms with Crippen molar-refractivity contribution in [2.24, 2.45) is 0 Å². The standard InChI is InChI=1S/C11H7Br2NO3S/c1-17-7-3-2-5(12)4-6(7)9-8(10(15)16)14-11(13)18-9/h2-4H,1H3,(H,15,16). The number of halogens is 2. The maximum Gasteiger partial charge on any atom is 0.356 e. The van der Waals surface area contributed by atoms with Crippen LogP contribution in [0.4, 0.5) is 0 Å². The topological polar surface area (TPSA) is 59.4 Å². The zero-order valence-corrected chi connectivity index (χ0v) is 13.1. The van der Waals surface area contributed by atoms with Gasteiger partial charge in [0.05, 0.1) is 12.0 Å². The molecule has 7 heteroatoms. The van der Waals surface area contributed by atoms with E-state index < -0.39 is 5.97 Å². The van der Waals surface area contributed by atoms with Gasteiger partial charge in [-0.2, -0.15) is 0 Å². The fourth-order valence-corrected chi connectivity index (χ4v) is 3.31. The van der Waals surface area contributed by atoms with Crippen molar-refractivity contribution in [1.82, 2.24) is 4.98 Å². The Morgan fingerprint density at radius 2 is 2.17 bits per heavy atom. The van der Waals surface area contributed by atoms with E-state index in [9.17, 15) is 4.79 Å². The van der Waals surface area contributed by atoms with Crippen LogP contribution in [-0.4, -0.2) is 23.2 Å². The SMILES string of the molecule is COc1ccc(Br)cc1-c1sc(Br)nc1C(=O)O. The molecule has 0 aliphatic heterocycles. The number of benzene rings is 1. The van der Waals surface area contributed by atoms with E-state index in [2.05, 4.69) is 36.8 Å². The van der Waals surface area contributed by atoms with Crippen molar-refractivity contribution < 1.29 is 14.6 Å². The highest BCUT2D eigenvalue weighted by molar-refractivity contribution is 9.11. The predicted molar refractivity (Wildman–Crippen MR) is 76.5 cm³/mol. The predicted octanol–water partition coefficient (Wildman–Crippen LogP) is 4.04. The number of ether oxygens (including phenoxy) is 1. The van der Waals surface area contributed by atoms with Crippen LogP contribution in [0.2, 0.25) is 0 Å². The lowest BCUT2D eigenvalue weighted by Gasteiger charge is -2.07. The quantitative estimate of drug-likeness (QED) is 0.856.